The zero-order valence-corrected chi connectivity index (χ0v) is 4.66. The molecule has 0 aliphatic rings. The van der Waals surface area contributed by atoms with Crippen molar-refractivity contribution in [3.8, 4) is 6.07 Å². The van der Waals surface area contributed by atoms with E-state index in [1.807, 2.05) is 0 Å². The van der Waals surface area contributed by atoms with E-state index in [9.17, 15) is 0 Å². The Balaban J connectivity index is 0. The Bertz CT molecular complexity index is 31.1. The number of nitrogens with zero attached hydrogens (tertiary/aromatic N) is 1. The summed E-state index contributed by atoms with van der Waals surface area (Å²) in [5.41, 5.74) is 0. The van der Waals surface area contributed by atoms with Crippen LogP contribution in [0.1, 0.15) is 0 Å². The van der Waals surface area contributed by atoms with Gasteiger partial charge in [-0.3, -0.25) is 0 Å². The fraction of sp³-hybridized carbons (Fsp3) is 0. The van der Waals surface area contributed by atoms with Crippen LogP contribution in [0.15, 0.2) is 0 Å². The summed E-state index contributed by atoms with van der Waals surface area (Å²) in [6.07, 6.45) is 0. The van der Waals surface area contributed by atoms with Crippen LogP contribution in [-0.4, -0.2) is 0 Å². The number of hydrogen-bond acceptors (Lipinski definition) is 1. The topological polar surface area (TPSA) is 23.8 Å². The first-order valence-electron chi connectivity index (χ1n) is 0.697. The molecular weight excluding hydrogens is 180 g/mol. The van der Waals surface area contributed by atoms with Crippen LogP contribution < -0.4 is 0 Å². The molecule has 0 spiro atoms. The van der Waals surface area contributed by atoms with Crippen LogP contribution in [0.25, 0.3) is 0 Å². The van der Waals surface area contributed by atoms with Crippen LogP contribution in [0.4, 0.5) is 0 Å². The fourth-order valence-electron chi connectivity index (χ4n) is 0. The van der Waals surface area contributed by atoms with E-state index in [0.29, 0.717) is 0 Å². The normalized spacial score (nSPS) is 2.80. The molecule has 0 bridgehead atoms. The SMILES string of the molecule is [CH2-]C#N.[Cl][Pd+]. The summed E-state index contributed by atoms with van der Waals surface area (Å²) >= 11 is 2.22. The summed E-state index contributed by atoms with van der Waals surface area (Å²) in [6, 6.07) is 1.50. The van der Waals surface area contributed by atoms with Crippen molar-refractivity contribution in [3.05, 3.63) is 6.92 Å². The van der Waals surface area contributed by atoms with Crippen LogP contribution in [0, 0.1) is 18.3 Å². The molecule has 5 heavy (non-hydrogen) atoms. The predicted molar refractivity (Wildman–Crippen MR) is 16.8 cm³/mol. The molecule has 0 rings (SSSR count). The van der Waals surface area contributed by atoms with Gasteiger partial charge >= 0.3 is 27.7 Å². The van der Waals surface area contributed by atoms with Gasteiger partial charge in [0.2, 0.25) is 0 Å². The van der Waals surface area contributed by atoms with E-state index in [-0.39, 0.29) is 0 Å². The van der Waals surface area contributed by atoms with Gasteiger partial charge in [0.05, 0.1) is 0 Å². The van der Waals surface area contributed by atoms with E-state index in [1.54, 1.807) is 0 Å². The average molecular weight is 182 g/mol. The van der Waals surface area contributed by atoms with Crippen molar-refractivity contribution >= 4 is 9.53 Å². The second-order valence-corrected chi connectivity index (χ2v) is 0.158. The molecule has 0 radical (unpaired) electrons. The van der Waals surface area contributed by atoms with Crippen LogP contribution in [-0.2, 0) is 18.2 Å². The molecule has 0 aromatic rings. The van der Waals surface area contributed by atoms with Crippen molar-refractivity contribution in [2.45, 2.75) is 0 Å². The summed E-state index contributed by atoms with van der Waals surface area (Å²) in [4.78, 5) is 0. The summed E-state index contributed by atoms with van der Waals surface area (Å²) in [5, 5.41) is 7.21. The van der Waals surface area contributed by atoms with E-state index in [0.717, 1.165) is 0 Å². The van der Waals surface area contributed by atoms with Gasteiger partial charge in [-0.2, -0.15) is 0 Å². The van der Waals surface area contributed by atoms with Gasteiger partial charge in [0, 0.05) is 0 Å². The van der Waals surface area contributed by atoms with Gasteiger partial charge in [-0.25, -0.2) is 5.26 Å². The molecule has 0 atom stereocenters. The summed E-state index contributed by atoms with van der Waals surface area (Å²) < 4.78 is 0. The number of nitriles is 1. The summed E-state index contributed by atoms with van der Waals surface area (Å²) in [5.74, 6) is 0. The Kier molecular flexibility index (Phi) is 49.5. The van der Waals surface area contributed by atoms with Crippen molar-refractivity contribution in [2.24, 2.45) is 0 Å². The maximum absolute atomic E-state index is 7.21. The Morgan fingerprint density at radius 1 is 1.80 bits per heavy atom. The molecule has 0 aromatic heterocycles. The third kappa shape index (κ3) is 236. The van der Waals surface area contributed by atoms with Gasteiger partial charge in [0.1, 0.15) is 0 Å². The van der Waals surface area contributed by atoms with Gasteiger partial charge in [-0.05, 0) is 0 Å². The Morgan fingerprint density at radius 3 is 1.80 bits per heavy atom. The predicted octanol–water partition coefficient (Wildman–Crippen LogP) is 1.03. The first kappa shape index (κ1) is 9.00. The van der Waals surface area contributed by atoms with E-state index < -0.39 is 0 Å². The van der Waals surface area contributed by atoms with Crippen LogP contribution in [0.2, 0.25) is 0 Å². The van der Waals surface area contributed by atoms with Crippen LogP contribution in [0.5, 0.6) is 0 Å². The van der Waals surface area contributed by atoms with Crippen molar-refractivity contribution in [3.63, 3.8) is 0 Å². The molecule has 0 aliphatic carbocycles. The molecule has 0 saturated carbocycles. The van der Waals surface area contributed by atoms with Crippen molar-refractivity contribution in [1.82, 2.24) is 0 Å². The second kappa shape index (κ2) is 27.5. The Hall–Kier alpha value is 0.312. The van der Waals surface area contributed by atoms with Crippen molar-refractivity contribution in [2.75, 3.05) is 0 Å². The van der Waals surface area contributed by atoms with Crippen LogP contribution in [0.3, 0.4) is 0 Å². The first-order chi connectivity index (χ1) is 2.41. The van der Waals surface area contributed by atoms with E-state index in [2.05, 4.69) is 34.6 Å². The third-order valence-corrected chi connectivity index (χ3v) is 0. The Morgan fingerprint density at radius 2 is 1.80 bits per heavy atom. The molecule has 1 nitrogen and oxygen atoms in total. The molecule has 0 saturated heterocycles. The van der Waals surface area contributed by atoms with E-state index in [4.69, 9.17) is 5.26 Å². The average Bonchev–Trinajstić information content (AvgIpc) is 1.46. The molecule has 0 aromatic carbocycles. The molecule has 0 fully saturated rings. The van der Waals surface area contributed by atoms with E-state index in [1.165, 1.54) is 6.07 Å². The molecule has 0 N–H and O–H groups in total. The first-order valence-corrected chi connectivity index (χ1v) is 2.70. The molecule has 32 valence electrons. The van der Waals surface area contributed by atoms with Crippen LogP contribution >= 0.6 is 9.53 Å². The standard InChI is InChI=1S/C2H2N.ClH.Pd/c1-2-3;;/h1H2;1H;/q-1;;+2/p-1. The third-order valence-electron chi connectivity index (χ3n) is 0. The molecular formula is C2H2ClNPd. The summed E-state index contributed by atoms with van der Waals surface area (Å²) in [6.45, 7) is 2.79. The molecule has 0 amide bonds. The van der Waals surface area contributed by atoms with Crippen molar-refractivity contribution in [1.29, 1.82) is 5.26 Å². The fourth-order valence-corrected chi connectivity index (χ4v) is 0. The Labute approximate surface area is 46.3 Å². The zero-order chi connectivity index (χ0) is 4.71. The quantitative estimate of drug-likeness (QED) is 0.405. The van der Waals surface area contributed by atoms with Crippen molar-refractivity contribution < 1.29 is 18.2 Å². The van der Waals surface area contributed by atoms with Gasteiger partial charge in [-0.1, -0.05) is 0 Å². The molecule has 0 aliphatic heterocycles. The second-order valence-electron chi connectivity index (χ2n) is 0.158. The zero-order valence-electron chi connectivity index (χ0n) is 2.35. The van der Waals surface area contributed by atoms with Gasteiger partial charge in [0.15, 0.2) is 0 Å². The number of rotatable bonds is 0. The summed E-state index contributed by atoms with van der Waals surface area (Å²) in [7, 11) is 4.49. The molecule has 0 unspecified atom stereocenters. The van der Waals surface area contributed by atoms with Gasteiger partial charge < -0.3 is 6.92 Å². The number of halogens is 1. The van der Waals surface area contributed by atoms with Gasteiger partial charge in [-0.15, -0.1) is 6.07 Å². The number of hydrogen-bond donors (Lipinski definition) is 0. The monoisotopic (exact) mass is 181 g/mol. The maximum atomic E-state index is 7.21. The van der Waals surface area contributed by atoms with E-state index >= 15 is 0 Å². The van der Waals surface area contributed by atoms with Gasteiger partial charge in [0.25, 0.3) is 0 Å². The minimum atomic E-state index is 1.50. The molecule has 3 heteroatoms. The molecule has 0 heterocycles. The minimum absolute atomic E-state index is 1.50.